The van der Waals surface area contributed by atoms with Gasteiger partial charge in [0.1, 0.15) is 10.6 Å². The zero-order chi connectivity index (χ0) is 22.3. The molecule has 1 amide bonds. The number of nitrogens with zero attached hydrogens (tertiary/aromatic N) is 1. The van der Waals surface area contributed by atoms with E-state index in [9.17, 15) is 9.59 Å². The van der Waals surface area contributed by atoms with E-state index in [1.54, 1.807) is 18.0 Å². The van der Waals surface area contributed by atoms with Gasteiger partial charge in [-0.15, -0.1) is 11.3 Å². The van der Waals surface area contributed by atoms with E-state index in [-0.39, 0.29) is 5.97 Å². The SMILES string of the molecule is CCc1cc(Sc2cnc(CNC(=O)OC(C)(C)C)s2)cc(C(=O)OCC(C)C)c1. The summed E-state index contributed by atoms with van der Waals surface area (Å²) in [6.45, 7) is 12.3. The molecule has 164 valence electrons. The fraction of sp³-hybridized carbons (Fsp3) is 0.500. The second kappa shape index (κ2) is 10.8. The minimum Gasteiger partial charge on any atom is -0.462 e. The van der Waals surface area contributed by atoms with Crippen LogP contribution in [0.25, 0.3) is 0 Å². The Hall–Kier alpha value is -2.06. The van der Waals surface area contributed by atoms with Crippen LogP contribution in [0.1, 0.15) is 62.5 Å². The van der Waals surface area contributed by atoms with Crippen molar-refractivity contribution >= 4 is 35.2 Å². The predicted molar refractivity (Wildman–Crippen MR) is 120 cm³/mol. The Bertz CT molecular complexity index is 872. The molecule has 0 aliphatic heterocycles. The van der Waals surface area contributed by atoms with Crippen LogP contribution < -0.4 is 5.32 Å². The molecule has 30 heavy (non-hydrogen) atoms. The minimum absolute atomic E-state index is 0.294. The Balaban J connectivity index is 2.03. The maximum Gasteiger partial charge on any atom is 0.408 e. The number of hydrogen-bond donors (Lipinski definition) is 1. The van der Waals surface area contributed by atoms with Crippen LogP contribution in [0.3, 0.4) is 0 Å². The molecule has 2 rings (SSSR count). The van der Waals surface area contributed by atoms with Crippen molar-refractivity contribution < 1.29 is 19.1 Å². The van der Waals surface area contributed by atoms with Gasteiger partial charge in [-0.1, -0.05) is 32.5 Å². The van der Waals surface area contributed by atoms with Gasteiger partial charge in [0, 0.05) is 4.90 Å². The van der Waals surface area contributed by atoms with Crippen molar-refractivity contribution in [2.24, 2.45) is 5.92 Å². The van der Waals surface area contributed by atoms with E-state index < -0.39 is 11.7 Å². The summed E-state index contributed by atoms with van der Waals surface area (Å²) in [5.41, 5.74) is 1.11. The molecule has 0 bridgehead atoms. The molecule has 0 fully saturated rings. The van der Waals surface area contributed by atoms with Crippen LogP contribution in [0.2, 0.25) is 0 Å². The van der Waals surface area contributed by atoms with Crippen LogP contribution in [-0.4, -0.2) is 29.3 Å². The first-order valence-corrected chi connectivity index (χ1v) is 11.6. The zero-order valence-electron chi connectivity index (χ0n) is 18.4. The van der Waals surface area contributed by atoms with Gasteiger partial charge in [0.2, 0.25) is 0 Å². The van der Waals surface area contributed by atoms with Gasteiger partial charge in [-0.2, -0.15) is 0 Å². The van der Waals surface area contributed by atoms with Crippen molar-refractivity contribution in [1.82, 2.24) is 10.3 Å². The summed E-state index contributed by atoms with van der Waals surface area (Å²) >= 11 is 3.04. The lowest BCUT2D eigenvalue weighted by Crippen LogP contribution is -2.32. The number of alkyl carbamates (subject to hydrolysis) is 1. The number of hydrogen-bond acceptors (Lipinski definition) is 7. The number of esters is 1. The minimum atomic E-state index is -0.535. The van der Waals surface area contributed by atoms with Crippen molar-refractivity contribution in [2.75, 3.05) is 6.61 Å². The van der Waals surface area contributed by atoms with E-state index in [2.05, 4.69) is 23.3 Å². The smallest absolute Gasteiger partial charge is 0.408 e. The number of carbonyl (C=O) groups is 2. The largest absolute Gasteiger partial charge is 0.462 e. The van der Waals surface area contributed by atoms with E-state index in [1.165, 1.54) is 11.3 Å². The molecule has 1 N–H and O–H groups in total. The monoisotopic (exact) mass is 450 g/mol. The molecule has 0 radical (unpaired) electrons. The van der Waals surface area contributed by atoms with E-state index in [0.29, 0.717) is 24.6 Å². The topological polar surface area (TPSA) is 77.5 Å². The molecule has 0 aliphatic rings. The van der Waals surface area contributed by atoms with Crippen molar-refractivity contribution in [1.29, 1.82) is 0 Å². The van der Waals surface area contributed by atoms with Crippen molar-refractivity contribution in [3.05, 3.63) is 40.5 Å². The molecule has 1 heterocycles. The molecular weight excluding hydrogens is 420 g/mol. The number of thiazole rings is 1. The zero-order valence-corrected chi connectivity index (χ0v) is 20.0. The van der Waals surface area contributed by atoms with Gasteiger partial charge < -0.3 is 14.8 Å². The van der Waals surface area contributed by atoms with Crippen molar-refractivity contribution in [2.45, 2.75) is 69.2 Å². The standard InChI is InChI=1S/C22H30N2O4S2/c1-7-15-8-16(20(25)27-13-14(2)3)10-17(9-15)29-19-12-23-18(30-19)11-24-21(26)28-22(4,5)6/h8-10,12,14H,7,11,13H2,1-6H3,(H,24,26). The third-order valence-corrected chi connectivity index (χ3v) is 5.76. The molecule has 0 spiro atoms. The highest BCUT2D eigenvalue weighted by Crippen LogP contribution is 2.33. The lowest BCUT2D eigenvalue weighted by Gasteiger charge is -2.19. The van der Waals surface area contributed by atoms with Crippen LogP contribution in [-0.2, 0) is 22.4 Å². The average molecular weight is 451 g/mol. The summed E-state index contributed by atoms with van der Waals surface area (Å²) in [4.78, 5) is 29.5. The predicted octanol–water partition coefficient (Wildman–Crippen LogP) is 5.69. The Morgan fingerprint density at radius 1 is 1.23 bits per heavy atom. The lowest BCUT2D eigenvalue weighted by atomic mass is 10.1. The summed E-state index contributed by atoms with van der Waals surface area (Å²) in [6.07, 6.45) is 2.13. The second-order valence-corrected chi connectivity index (χ2v) is 10.7. The second-order valence-electron chi connectivity index (χ2n) is 8.24. The maximum atomic E-state index is 12.4. The third kappa shape index (κ3) is 8.36. The normalized spacial score (nSPS) is 11.4. The van der Waals surface area contributed by atoms with Crippen LogP contribution in [0, 0.1) is 5.92 Å². The van der Waals surface area contributed by atoms with Crippen LogP contribution in [0.5, 0.6) is 0 Å². The molecule has 8 heteroatoms. The fourth-order valence-corrected chi connectivity index (χ4v) is 4.43. The summed E-state index contributed by atoms with van der Waals surface area (Å²) in [5.74, 6) is -0.00513. The Morgan fingerprint density at radius 2 is 1.97 bits per heavy atom. The van der Waals surface area contributed by atoms with Crippen molar-refractivity contribution in [3.63, 3.8) is 0 Å². The first kappa shape index (κ1) is 24.2. The number of rotatable bonds is 8. The quantitative estimate of drug-likeness (QED) is 0.520. The van der Waals surface area contributed by atoms with E-state index >= 15 is 0 Å². The van der Waals surface area contributed by atoms with Gasteiger partial charge in [-0.25, -0.2) is 14.6 Å². The van der Waals surface area contributed by atoms with Crippen LogP contribution in [0.4, 0.5) is 4.79 Å². The fourth-order valence-electron chi connectivity index (χ4n) is 2.37. The molecule has 2 aromatic rings. The van der Waals surface area contributed by atoms with Gasteiger partial charge in [-0.05, 0) is 56.9 Å². The van der Waals surface area contributed by atoms with Gasteiger partial charge in [0.25, 0.3) is 0 Å². The number of nitrogens with one attached hydrogen (secondary N) is 1. The average Bonchev–Trinajstić information content (AvgIpc) is 3.10. The highest BCUT2D eigenvalue weighted by atomic mass is 32.2. The molecule has 0 saturated heterocycles. The molecule has 1 aromatic heterocycles. The molecule has 1 aromatic carbocycles. The first-order chi connectivity index (χ1) is 14.1. The molecule has 0 atom stereocenters. The van der Waals surface area contributed by atoms with Gasteiger partial charge in [0.05, 0.1) is 29.1 Å². The third-order valence-electron chi connectivity index (χ3n) is 3.69. The Morgan fingerprint density at radius 3 is 2.60 bits per heavy atom. The summed E-state index contributed by atoms with van der Waals surface area (Å²) < 4.78 is 11.6. The van der Waals surface area contributed by atoms with Gasteiger partial charge >= 0.3 is 12.1 Å². The highest BCUT2D eigenvalue weighted by Gasteiger charge is 2.16. The van der Waals surface area contributed by atoms with Crippen LogP contribution in [0.15, 0.2) is 33.5 Å². The number of carbonyl (C=O) groups excluding carboxylic acids is 2. The van der Waals surface area contributed by atoms with Crippen LogP contribution >= 0.6 is 23.1 Å². The van der Waals surface area contributed by atoms with E-state index in [0.717, 1.165) is 26.1 Å². The summed E-state index contributed by atoms with van der Waals surface area (Å²) in [5, 5.41) is 3.50. The lowest BCUT2D eigenvalue weighted by molar-refractivity contribution is 0.0457. The van der Waals surface area contributed by atoms with Gasteiger partial charge in [-0.3, -0.25) is 0 Å². The molecule has 0 aliphatic carbocycles. The number of ether oxygens (including phenoxy) is 2. The number of aromatic nitrogens is 1. The van der Waals surface area contributed by atoms with E-state index in [4.69, 9.17) is 9.47 Å². The van der Waals surface area contributed by atoms with Gasteiger partial charge in [0.15, 0.2) is 0 Å². The Kier molecular flexibility index (Phi) is 8.73. The molecule has 6 nitrogen and oxygen atoms in total. The summed E-state index contributed by atoms with van der Waals surface area (Å²) in [7, 11) is 0. The number of benzene rings is 1. The number of amides is 1. The molecule has 0 unspecified atom stereocenters. The van der Waals surface area contributed by atoms with Crippen molar-refractivity contribution in [3.8, 4) is 0 Å². The maximum absolute atomic E-state index is 12.4. The Labute approximate surface area is 186 Å². The molecule has 0 saturated carbocycles. The molecular formula is C22H30N2O4S2. The highest BCUT2D eigenvalue weighted by molar-refractivity contribution is 8.01. The van der Waals surface area contributed by atoms with E-state index in [1.807, 2.05) is 46.8 Å². The number of aryl methyl sites for hydroxylation is 1. The first-order valence-electron chi connectivity index (χ1n) is 9.96. The summed E-state index contributed by atoms with van der Waals surface area (Å²) in [6, 6.07) is 5.81.